The molecule has 0 fully saturated rings. The van der Waals surface area contributed by atoms with Gasteiger partial charge < -0.3 is 5.32 Å². The van der Waals surface area contributed by atoms with Gasteiger partial charge in [-0.25, -0.2) is 8.42 Å². The second kappa shape index (κ2) is 8.09. The molecule has 24 heavy (non-hydrogen) atoms. The van der Waals surface area contributed by atoms with Gasteiger partial charge in [0.1, 0.15) is 0 Å². The normalized spacial score (nSPS) is 11.5. The highest BCUT2D eigenvalue weighted by Crippen LogP contribution is 2.27. The van der Waals surface area contributed by atoms with Gasteiger partial charge in [-0.05, 0) is 52.3 Å². The number of amides is 1. The number of hydrogen-bond donors (Lipinski definition) is 1. The van der Waals surface area contributed by atoms with Gasteiger partial charge in [-0.2, -0.15) is 8.78 Å². The van der Waals surface area contributed by atoms with E-state index in [0.29, 0.717) is 5.69 Å². The second-order valence-electron chi connectivity index (χ2n) is 4.60. The monoisotopic (exact) mass is 435 g/mol. The van der Waals surface area contributed by atoms with Gasteiger partial charge in [-0.1, -0.05) is 12.1 Å². The summed E-state index contributed by atoms with van der Waals surface area (Å²) < 4.78 is 48.4. The number of thioether (sulfide) groups is 1. The maximum atomic E-state index is 12.4. The number of rotatable bonds is 6. The highest BCUT2D eigenvalue weighted by atomic mass is 79.9. The summed E-state index contributed by atoms with van der Waals surface area (Å²) in [6.45, 7) is 0. The number of sulfone groups is 1. The first kappa shape index (κ1) is 18.9. The summed E-state index contributed by atoms with van der Waals surface area (Å²) >= 11 is 4.71. The van der Waals surface area contributed by atoms with E-state index >= 15 is 0 Å². The van der Waals surface area contributed by atoms with E-state index in [1.165, 1.54) is 23.9 Å². The number of nitrogens with one attached hydrogen (secondary N) is 1. The summed E-state index contributed by atoms with van der Waals surface area (Å²) in [5, 5.41) is 2.58. The summed E-state index contributed by atoms with van der Waals surface area (Å²) in [7, 11) is -4.63. The Morgan fingerprint density at radius 2 is 1.75 bits per heavy atom. The van der Waals surface area contributed by atoms with E-state index in [1.54, 1.807) is 0 Å². The molecule has 0 aromatic heterocycles. The van der Waals surface area contributed by atoms with E-state index in [0.717, 1.165) is 21.5 Å². The molecule has 0 spiro atoms. The third-order valence-electron chi connectivity index (χ3n) is 2.90. The highest BCUT2D eigenvalue weighted by molar-refractivity contribution is 9.10. The lowest BCUT2D eigenvalue weighted by Crippen LogP contribution is -2.15. The zero-order valence-corrected chi connectivity index (χ0v) is 15.3. The summed E-state index contributed by atoms with van der Waals surface area (Å²) in [6, 6.07) is 12.1. The van der Waals surface area contributed by atoms with Gasteiger partial charge in [-0.3, -0.25) is 4.79 Å². The fraction of sp³-hybridized carbons (Fsp3) is 0.133. The predicted molar refractivity (Wildman–Crippen MR) is 93.1 cm³/mol. The number of carbonyl (C=O) groups is 1. The van der Waals surface area contributed by atoms with E-state index < -0.39 is 20.5 Å². The molecule has 128 valence electrons. The van der Waals surface area contributed by atoms with Gasteiger partial charge in [0.2, 0.25) is 15.7 Å². The summed E-state index contributed by atoms with van der Waals surface area (Å²) in [5.41, 5.74) is 0.334. The molecule has 0 heterocycles. The fourth-order valence-corrected chi connectivity index (χ4v) is 3.82. The Morgan fingerprint density at radius 3 is 2.33 bits per heavy atom. The van der Waals surface area contributed by atoms with Gasteiger partial charge in [0.05, 0.1) is 10.6 Å². The molecule has 9 heteroatoms. The highest BCUT2D eigenvalue weighted by Gasteiger charge is 2.26. The lowest BCUT2D eigenvalue weighted by molar-refractivity contribution is -0.113. The first-order valence-corrected chi connectivity index (χ1v) is 9.92. The Bertz CT molecular complexity index is 827. The van der Waals surface area contributed by atoms with E-state index in [4.69, 9.17) is 0 Å². The Hall–Kier alpha value is -1.45. The molecule has 0 bridgehead atoms. The Balaban J connectivity index is 1.96. The molecular formula is C15H12BrF2NO3S2. The average molecular weight is 436 g/mol. The van der Waals surface area contributed by atoms with Crippen LogP contribution in [0.3, 0.4) is 0 Å². The molecule has 0 saturated heterocycles. The molecule has 4 nitrogen and oxygen atoms in total. The molecule has 2 rings (SSSR count). The first-order chi connectivity index (χ1) is 11.3. The van der Waals surface area contributed by atoms with Gasteiger partial charge in [0, 0.05) is 15.1 Å². The van der Waals surface area contributed by atoms with Crippen molar-refractivity contribution < 1.29 is 22.0 Å². The quantitative estimate of drug-likeness (QED) is 0.691. The molecule has 2 aromatic rings. The number of hydrogen-bond acceptors (Lipinski definition) is 4. The number of anilines is 1. The number of benzene rings is 2. The van der Waals surface area contributed by atoms with Gasteiger partial charge in [0.25, 0.3) is 0 Å². The van der Waals surface area contributed by atoms with E-state index in [2.05, 4.69) is 21.2 Å². The van der Waals surface area contributed by atoms with Gasteiger partial charge in [-0.15, -0.1) is 11.8 Å². The van der Waals surface area contributed by atoms with Crippen molar-refractivity contribution in [2.75, 3.05) is 11.1 Å². The fourth-order valence-electron chi connectivity index (χ4n) is 1.73. The van der Waals surface area contributed by atoms with Crippen LogP contribution in [0.5, 0.6) is 0 Å². The van der Waals surface area contributed by atoms with E-state index in [9.17, 15) is 22.0 Å². The standard InChI is InChI=1S/C15H12BrF2NO3S2/c16-12-3-1-2-4-13(12)23-9-14(20)19-10-5-7-11(8-6-10)24(21,22)15(17)18/h1-8,15H,9H2,(H,19,20). The van der Waals surface area contributed by atoms with Crippen molar-refractivity contribution in [2.45, 2.75) is 15.5 Å². The third kappa shape index (κ3) is 4.78. The molecule has 0 unspecified atom stereocenters. The van der Waals surface area contributed by atoms with Crippen LogP contribution < -0.4 is 5.32 Å². The molecule has 0 aliphatic heterocycles. The zero-order valence-electron chi connectivity index (χ0n) is 12.1. The van der Waals surface area contributed by atoms with Crippen LogP contribution in [0.2, 0.25) is 0 Å². The molecule has 1 N–H and O–H groups in total. The lowest BCUT2D eigenvalue weighted by atomic mass is 10.3. The largest absolute Gasteiger partial charge is 0.341 e. The molecular weight excluding hydrogens is 424 g/mol. The molecule has 0 aliphatic rings. The Morgan fingerprint density at radius 1 is 1.12 bits per heavy atom. The predicted octanol–water partition coefficient (Wildman–Crippen LogP) is 4.18. The molecule has 0 atom stereocenters. The van der Waals surface area contributed by atoms with Crippen LogP contribution in [0.25, 0.3) is 0 Å². The summed E-state index contributed by atoms with van der Waals surface area (Å²) in [5.74, 6) is -3.61. The van der Waals surface area contributed by atoms with Crippen molar-refractivity contribution in [3.05, 3.63) is 53.0 Å². The maximum absolute atomic E-state index is 12.4. The smallest absolute Gasteiger partial charge is 0.325 e. The second-order valence-corrected chi connectivity index (χ2v) is 8.39. The third-order valence-corrected chi connectivity index (χ3v) is 6.32. The van der Waals surface area contributed by atoms with Crippen molar-refractivity contribution in [3.63, 3.8) is 0 Å². The van der Waals surface area contributed by atoms with Crippen molar-refractivity contribution in [3.8, 4) is 0 Å². The summed E-state index contributed by atoms with van der Waals surface area (Å²) in [6.07, 6.45) is 0. The topological polar surface area (TPSA) is 63.2 Å². The molecule has 1 amide bonds. The molecule has 2 aromatic carbocycles. The van der Waals surface area contributed by atoms with E-state index in [1.807, 2.05) is 24.3 Å². The minimum absolute atomic E-state index is 0.152. The van der Waals surface area contributed by atoms with E-state index in [-0.39, 0.29) is 11.7 Å². The average Bonchev–Trinajstić information content (AvgIpc) is 2.54. The van der Waals surface area contributed by atoms with Crippen LogP contribution in [0.1, 0.15) is 0 Å². The van der Waals surface area contributed by atoms with Crippen LogP contribution in [0.15, 0.2) is 62.8 Å². The van der Waals surface area contributed by atoms with Crippen molar-refractivity contribution in [1.82, 2.24) is 0 Å². The SMILES string of the molecule is O=C(CSc1ccccc1Br)Nc1ccc(S(=O)(=O)C(F)F)cc1. The van der Waals surface area contributed by atoms with Crippen molar-refractivity contribution in [1.29, 1.82) is 0 Å². The Labute approximate surface area is 150 Å². The molecule has 0 radical (unpaired) electrons. The van der Waals surface area contributed by atoms with Crippen LogP contribution in [-0.2, 0) is 14.6 Å². The lowest BCUT2D eigenvalue weighted by Gasteiger charge is -2.08. The number of halogens is 3. The van der Waals surface area contributed by atoms with Crippen LogP contribution in [-0.4, -0.2) is 25.8 Å². The maximum Gasteiger partial charge on any atom is 0.341 e. The number of alkyl halides is 2. The zero-order chi connectivity index (χ0) is 17.7. The van der Waals surface area contributed by atoms with Crippen molar-refractivity contribution in [2.24, 2.45) is 0 Å². The van der Waals surface area contributed by atoms with Gasteiger partial charge >= 0.3 is 5.76 Å². The minimum atomic E-state index is -4.63. The van der Waals surface area contributed by atoms with Crippen molar-refractivity contribution >= 4 is 49.1 Å². The van der Waals surface area contributed by atoms with Crippen LogP contribution in [0, 0.1) is 0 Å². The summed E-state index contributed by atoms with van der Waals surface area (Å²) in [4.78, 5) is 12.3. The Kier molecular flexibility index (Phi) is 6.36. The number of carbonyl (C=O) groups excluding carboxylic acids is 1. The molecule has 0 saturated carbocycles. The molecule has 0 aliphatic carbocycles. The first-order valence-electron chi connectivity index (χ1n) is 6.60. The van der Waals surface area contributed by atoms with Crippen LogP contribution >= 0.6 is 27.7 Å². The van der Waals surface area contributed by atoms with Gasteiger partial charge in [0.15, 0.2) is 0 Å². The van der Waals surface area contributed by atoms with Crippen LogP contribution in [0.4, 0.5) is 14.5 Å². The minimum Gasteiger partial charge on any atom is -0.325 e.